The Hall–Kier alpha value is 0.250. The van der Waals surface area contributed by atoms with E-state index in [2.05, 4.69) is 11.8 Å². The van der Waals surface area contributed by atoms with Gasteiger partial charge in [-0.1, -0.05) is 19.8 Å². The predicted octanol–water partition coefficient (Wildman–Crippen LogP) is 2.88. The van der Waals surface area contributed by atoms with Crippen molar-refractivity contribution in [2.45, 2.75) is 45.1 Å². The van der Waals surface area contributed by atoms with Crippen LogP contribution in [0.4, 0.5) is 0 Å². The Balaban J connectivity index is 2.29. The Morgan fingerprint density at radius 1 is 1.25 bits per heavy atom. The SMILES string of the molecule is CCCN(CCCl)C1CCCC1. The van der Waals surface area contributed by atoms with Crippen LogP contribution in [-0.2, 0) is 0 Å². The molecule has 0 spiro atoms. The van der Waals surface area contributed by atoms with Crippen molar-refractivity contribution in [3.63, 3.8) is 0 Å². The molecule has 1 saturated carbocycles. The molecule has 72 valence electrons. The molecule has 1 aliphatic rings. The average molecular weight is 190 g/mol. The van der Waals surface area contributed by atoms with Gasteiger partial charge in [-0.25, -0.2) is 0 Å². The molecular weight excluding hydrogens is 170 g/mol. The number of alkyl halides is 1. The molecule has 1 rings (SSSR count). The third-order valence-corrected chi connectivity index (χ3v) is 2.89. The highest BCUT2D eigenvalue weighted by molar-refractivity contribution is 6.18. The van der Waals surface area contributed by atoms with E-state index in [1.165, 1.54) is 38.6 Å². The molecule has 0 unspecified atom stereocenters. The van der Waals surface area contributed by atoms with Crippen molar-refractivity contribution in [1.82, 2.24) is 4.90 Å². The molecular formula is C10H20ClN. The largest absolute Gasteiger partial charge is 0.299 e. The maximum atomic E-state index is 5.77. The predicted molar refractivity (Wildman–Crippen MR) is 54.8 cm³/mol. The number of nitrogens with zero attached hydrogens (tertiary/aromatic N) is 1. The molecule has 12 heavy (non-hydrogen) atoms. The van der Waals surface area contributed by atoms with Gasteiger partial charge in [-0.05, 0) is 25.8 Å². The molecule has 0 heterocycles. The second kappa shape index (κ2) is 5.82. The standard InChI is InChI=1S/C10H20ClN/c1-2-8-12(9-7-11)10-5-3-4-6-10/h10H,2-9H2,1H3. The summed E-state index contributed by atoms with van der Waals surface area (Å²) in [5.41, 5.74) is 0. The quantitative estimate of drug-likeness (QED) is 0.602. The van der Waals surface area contributed by atoms with Crippen LogP contribution in [0.3, 0.4) is 0 Å². The summed E-state index contributed by atoms with van der Waals surface area (Å²) in [4.78, 5) is 2.57. The first-order chi connectivity index (χ1) is 5.88. The summed E-state index contributed by atoms with van der Waals surface area (Å²) in [7, 11) is 0. The van der Waals surface area contributed by atoms with Crippen LogP contribution in [0, 0.1) is 0 Å². The molecule has 0 radical (unpaired) electrons. The van der Waals surface area contributed by atoms with Gasteiger partial charge in [0.2, 0.25) is 0 Å². The van der Waals surface area contributed by atoms with Crippen molar-refractivity contribution in [3.05, 3.63) is 0 Å². The fraction of sp³-hybridized carbons (Fsp3) is 1.00. The number of rotatable bonds is 5. The van der Waals surface area contributed by atoms with E-state index in [0.29, 0.717) is 0 Å². The highest BCUT2D eigenvalue weighted by Crippen LogP contribution is 2.23. The van der Waals surface area contributed by atoms with Gasteiger partial charge in [-0.2, -0.15) is 0 Å². The van der Waals surface area contributed by atoms with E-state index in [-0.39, 0.29) is 0 Å². The Morgan fingerprint density at radius 2 is 1.92 bits per heavy atom. The van der Waals surface area contributed by atoms with Crippen LogP contribution < -0.4 is 0 Å². The van der Waals surface area contributed by atoms with E-state index in [1.807, 2.05) is 0 Å². The van der Waals surface area contributed by atoms with E-state index in [1.54, 1.807) is 0 Å². The van der Waals surface area contributed by atoms with Gasteiger partial charge in [0, 0.05) is 18.5 Å². The second-order valence-electron chi connectivity index (χ2n) is 3.66. The zero-order valence-electron chi connectivity index (χ0n) is 8.06. The van der Waals surface area contributed by atoms with Crippen LogP contribution in [0.15, 0.2) is 0 Å². The third-order valence-electron chi connectivity index (χ3n) is 2.72. The summed E-state index contributed by atoms with van der Waals surface area (Å²) in [5, 5.41) is 0. The molecule has 0 bridgehead atoms. The van der Waals surface area contributed by atoms with Gasteiger partial charge >= 0.3 is 0 Å². The summed E-state index contributed by atoms with van der Waals surface area (Å²) in [6.07, 6.45) is 6.90. The molecule has 1 nitrogen and oxygen atoms in total. The van der Waals surface area contributed by atoms with Crippen molar-refractivity contribution in [1.29, 1.82) is 0 Å². The maximum absolute atomic E-state index is 5.77. The lowest BCUT2D eigenvalue weighted by atomic mass is 10.2. The van der Waals surface area contributed by atoms with Crippen LogP contribution in [0.5, 0.6) is 0 Å². The Bertz CT molecular complexity index is 104. The van der Waals surface area contributed by atoms with Crippen molar-refractivity contribution in [3.8, 4) is 0 Å². The van der Waals surface area contributed by atoms with E-state index < -0.39 is 0 Å². The lowest BCUT2D eigenvalue weighted by molar-refractivity contribution is 0.211. The van der Waals surface area contributed by atoms with E-state index in [0.717, 1.165) is 18.5 Å². The molecule has 0 aromatic heterocycles. The van der Waals surface area contributed by atoms with Gasteiger partial charge in [-0.3, -0.25) is 4.90 Å². The Morgan fingerprint density at radius 3 is 2.42 bits per heavy atom. The number of halogens is 1. The van der Waals surface area contributed by atoms with Gasteiger partial charge in [-0.15, -0.1) is 11.6 Å². The zero-order chi connectivity index (χ0) is 8.81. The molecule has 2 heteroatoms. The molecule has 1 aliphatic carbocycles. The smallest absolute Gasteiger partial charge is 0.0351 e. The summed E-state index contributed by atoms with van der Waals surface area (Å²) in [5.74, 6) is 0.788. The van der Waals surface area contributed by atoms with Gasteiger partial charge in [0.1, 0.15) is 0 Å². The summed E-state index contributed by atoms with van der Waals surface area (Å²) < 4.78 is 0. The zero-order valence-corrected chi connectivity index (χ0v) is 8.82. The minimum absolute atomic E-state index is 0.788. The third kappa shape index (κ3) is 2.95. The fourth-order valence-electron chi connectivity index (χ4n) is 2.14. The molecule has 0 N–H and O–H groups in total. The average Bonchev–Trinajstić information content (AvgIpc) is 2.56. The first-order valence-electron chi connectivity index (χ1n) is 5.18. The van der Waals surface area contributed by atoms with E-state index in [9.17, 15) is 0 Å². The topological polar surface area (TPSA) is 3.24 Å². The fourth-order valence-corrected chi connectivity index (χ4v) is 2.36. The molecule has 0 amide bonds. The Labute approximate surface area is 81.1 Å². The van der Waals surface area contributed by atoms with Crippen molar-refractivity contribution >= 4 is 11.6 Å². The first kappa shape index (κ1) is 10.3. The van der Waals surface area contributed by atoms with E-state index >= 15 is 0 Å². The van der Waals surface area contributed by atoms with Gasteiger partial charge in [0.05, 0.1) is 0 Å². The van der Waals surface area contributed by atoms with Crippen molar-refractivity contribution < 1.29 is 0 Å². The summed E-state index contributed by atoms with van der Waals surface area (Å²) >= 11 is 5.77. The molecule has 0 atom stereocenters. The summed E-state index contributed by atoms with van der Waals surface area (Å²) in [6, 6.07) is 0.851. The highest BCUT2D eigenvalue weighted by atomic mass is 35.5. The van der Waals surface area contributed by atoms with Crippen LogP contribution in [-0.4, -0.2) is 29.9 Å². The molecule has 0 aromatic rings. The summed E-state index contributed by atoms with van der Waals surface area (Å²) in [6.45, 7) is 4.56. The van der Waals surface area contributed by atoms with Gasteiger partial charge < -0.3 is 0 Å². The first-order valence-corrected chi connectivity index (χ1v) is 5.72. The molecule has 0 saturated heterocycles. The van der Waals surface area contributed by atoms with Crippen LogP contribution in [0.25, 0.3) is 0 Å². The van der Waals surface area contributed by atoms with Gasteiger partial charge in [0.15, 0.2) is 0 Å². The van der Waals surface area contributed by atoms with Crippen LogP contribution in [0.2, 0.25) is 0 Å². The lowest BCUT2D eigenvalue weighted by Crippen LogP contribution is -2.35. The normalized spacial score (nSPS) is 19.2. The van der Waals surface area contributed by atoms with Crippen molar-refractivity contribution in [2.75, 3.05) is 19.0 Å². The monoisotopic (exact) mass is 189 g/mol. The van der Waals surface area contributed by atoms with Crippen molar-refractivity contribution in [2.24, 2.45) is 0 Å². The highest BCUT2D eigenvalue weighted by Gasteiger charge is 2.20. The minimum Gasteiger partial charge on any atom is -0.299 e. The lowest BCUT2D eigenvalue weighted by Gasteiger charge is -2.27. The van der Waals surface area contributed by atoms with Gasteiger partial charge in [0.25, 0.3) is 0 Å². The second-order valence-corrected chi connectivity index (χ2v) is 4.04. The molecule has 0 aliphatic heterocycles. The number of hydrogen-bond acceptors (Lipinski definition) is 1. The minimum atomic E-state index is 0.788. The van der Waals surface area contributed by atoms with Crippen LogP contribution in [0.1, 0.15) is 39.0 Å². The number of hydrogen-bond donors (Lipinski definition) is 0. The van der Waals surface area contributed by atoms with Crippen LogP contribution >= 0.6 is 11.6 Å². The van der Waals surface area contributed by atoms with E-state index in [4.69, 9.17) is 11.6 Å². The molecule has 0 aromatic carbocycles. The Kier molecular flexibility index (Phi) is 5.01. The molecule has 1 fully saturated rings. The maximum Gasteiger partial charge on any atom is 0.0351 e.